The molecule has 134 valence electrons. The number of nitrogens with one attached hydrogen (secondary N) is 2. The Balaban J connectivity index is 1.81. The lowest BCUT2D eigenvalue weighted by Crippen LogP contribution is -2.30. The molecule has 0 aliphatic heterocycles. The molecule has 1 aromatic carbocycles. The number of thiophene rings is 1. The lowest BCUT2D eigenvalue weighted by atomic mass is 10.0. The van der Waals surface area contributed by atoms with Gasteiger partial charge in [-0.15, -0.1) is 11.3 Å². The van der Waals surface area contributed by atoms with Gasteiger partial charge in [-0.3, -0.25) is 9.59 Å². The molecule has 0 spiro atoms. The zero-order chi connectivity index (χ0) is 18.5. The molecule has 2 heterocycles. The molecule has 8 heteroatoms. The van der Waals surface area contributed by atoms with Crippen LogP contribution in [0.3, 0.4) is 0 Å². The minimum atomic E-state index is -1.06. The first-order chi connectivity index (χ1) is 12.6. The monoisotopic (exact) mass is 370 g/mol. The summed E-state index contributed by atoms with van der Waals surface area (Å²) in [6, 6.07) is 10.0. The molecule has 0 bridgehead atoms. The molecule has 26 heavy (non-hydrogen) atoms. The number of aliphatic carboxylic acids is 1. The number of anilines is 1. The van der Waals surface area contributed by atoms with E-state index in [1.807, 2.05) is 30.3 Å². The normalized spacial score (nSPS) is 10.7. The summed E-state index contributed by atoms with van der Waals surface area (Å²) in [7, 11) is 0. The largest absolute Gasteiger partial charge is 0.480 e. The summed E-state index contributed by atoms with van der Waals surface area (Å²) in [5, 5.41) is 15.0. The molecule has 3 aromatic rings. The zero-order valence-corrected chi connectivity index (χ0v) is 15.0. The van der Waals surface area contributed by atoms with E-state index in [1.54, 1.807) is 11.3 Å². The molecule has 0 unspecified atom stereocenters. The van der Waals surface area contributed by atoms with Gasteiger partial charge in [0.2, 0.25) is 5.91 Å². The second-order valence-corrected chi connectivity index (χ2v) is 6.85. The van der Waals surface area contributed by atoms with E-state index >= 15 is 0 Å². The van der Waals surface area contributed by atoms with Crippen LogP contribution in [0.1, 0.15) is 11.3 Å². The maximum atomic E-state index is 11.6. The van der Waals surface area contributed by atoms with E-state index in [0.717, 1.165) is 26.2 Å². The lowest BCUT2D eigenvalue weighted by molar-refractivity contribution is -0.137. The summed E-state index contributed by atoms with van der Waals surface area (Å²) in [4.78, 5) is 32.9. The van der Waals surface area contributed by atoms with Crippen LogP contribution in [0.5, 0.6) is 0 Å². The van der Waals surface area contributed by atoms with Crippen molar-refractivity contribution in [2.75, 3.05) is 18.4 Å². The number of fused-ring (bicyclic) bond motifs is 1. The fourth-order valence-corrected chi connectivity index (χ4v) is 3.70. The summed E-state index contributed by atoms with van der Waals surface area (Å²) in [6.07, 6.45) is 1.66. The summed E-state index contributed by atoms with van der Waals surface area (Å²) < 4.78 is 0. The third kappa shape index (κ3) is 3.97. The van der Waals surface area contributed by atoms with E-state index in [-0.39, 0.29) is 18.9 Å². The SMILES string of the molecule is Cc1sc2ncnc(NCCC(=O)NCC(=O)O)c2c1-c1ccccc1. The van der Waals surface area contributed by atoms with Crippen LogP contribution in [0.15, 0.2) is 36.7 Å². The molecule has 3 N–H and O–H groups in total. The minimum Gasteiger partial charge on any atom is -0.480 e. The minimum absolute atomic E-state index is 0.155. The average molecular weight is 370 g/mol. The first kappa shape index (κ1) is 17.8. The van der Waals surface area contributed by atoms with Gasteiger partial charge in [0.1, 0.15) is 23.5 Å². The summed E-state index contributed by atoms with van der Waals surface area (Å²) in [6.45, 7) is 2.02. The fourth-order valence-electron chi connectivity index (χ4n) is 2.69. The summed E-state index contributed by atoms with van der Waals surface area (Å²) in [5.74, 6) is -0.718. The van der Waals surface area contributed by atoms with Gasteiger partial charge in [0.05, 0.1) is 5.39 Å². The van der Waals surface area contributed by atoms with E-state index in [9.17, 15) is 9.59 Å². The quantitative estimate of drug-likeness (QED) is 0.591. The van der Waals surface area contributed by atoms with Crippen LogP contribution in [0.4, 0.5) is 5.82 Å². The van der Waals surface area contributed by atoms with Gasteiger partial charge in [-0.05, 0) is 12.5 Å². The first-order valence-electron chi connectivity index (χ1n) is 8.08. The number of amides is 1. The maximum absolute atomic E-state index is 11.6. The molecule has 0 saturated carbocycles. The fraction of sp³-hybridized carbons (Fsp3) is 0.222. The molecule has 7 nitrogen and oxygen atoms in total. The number of aryl methyl sites for hydroxylation is 1. The number of benzene rings is 1. The molecule has 0 aliphatic carbocycles. The number of hydrogen-bond acceptors (Lipinski definition) is 6. The van der Waals surface area contributed by atoms with Gasteiger partial charge < -0.3 is 15.7 Å². The van der Waals surface area contributed by atoms with Crippen LogP contribution >= 0.6 is 11.3 Å². The van der Waals surface area contributed by atoms with Crippen molar-refractivity contribution >= 4 is 39.2 Å². The Kier molecular flexibility index (Phi) is 5.43. The van der Waals surface area contributed by atoms with Gasteiger partial charge in [-0.1, -0.05) is 30.3 Å². The Hall–Kier alpha value is -3.00. The van der Waals surface area contributed by atoms with Crippen LogP contribution < -0.4 is 10.6 Å². The van der Waals surface area contributed by atoms with Crippen molar-refractivity contribution in [2.45, 2.75) is 13.3 Å². The van der Waals surface area contributed by atoms with Crippen molar-refractivity contribution in [1.82, 2.24) is 15.3 Å². The van der Waals surface area contributed by atoms with Crippen LogP contribution in [0.2, 0.25) is 0 Å². The molecule has 0 saturated heterocycles. The van der Waals surface area contributed by atoms with Crippen molar-refractivity contribution in [2.24, 2.45) is 0 Å². The second-order valence-electron chi connectivity index (χ2n) is 5.65. The highest BCUT2D eigenvalue weighted by atomic mass is 32.1. The van der Waals surface area contributed by atoms with E-state index in [0.29, 0.717) is 12.4 Å². The van der Waals surface area contributed by atoms with Gasteiger partial charge in [-0.25, -0.2) is 9.97 Å². The van der Waals surface area contributed by atoms with Crippen molar-refractivity contribution in [3.63, 3.8) is 0 Å². The molecule has 0 aliphatic rings. The predicted octanol–water partition coefficient (Wildman–Crippen LogP) is 2.67. The topological polar surface area (TPSA) is 104 Å². The van der Waals surface area contributed by atoms with Gasteiger partial charge in [0.15, 0.2) is 0 Å². The van der Waals surface area contributed by atoms with E-state index in [4.69, 9.17) is 5.11 Å². The van der Waals surface area contributed by atoms with Gasteiger partial charge >= 0.3 is 5.97 Å². The highest BCUT2D eigenvalue weighted by Gasteiger charge is 2.16. The molecule has 0 fully saturated rings. The van der Waals surface area contributed by atoms with E-state index < -0.39 is 5.97 Å². The molecule has 2 aromatic heterocycles. The number of nitrogens with zero attached hydrogens (tertiary/aromatic N) is 2. The average Bonchev–Trinajstić information content (AvgIpc) is 2.97. The van der Waals surface area contributed by atoms with Crippen molar-refractivity contribution in [3.05, 3.63) is 41.5 Å². The Labute approximate surface area is 154 Å². The number of hydrogen-bond donors (Lipinski definition) is 3. The Morgan fingerprint density at radius 3 is 2.69 bits per heavy atom. The third-order valence-corrected chi connectivity index (χ3v) is 4.82. The molecule has 0 atom stereocenters. The van der Waals surface area contributed by atoms with Crippen LogP contribution in [-0.2, 0) is 9.59 Å². The van der Waals surface area contributed by atoms with Gasteiger partial charge in [-0.2, -0.15) is 0 Å². The molecule has 1 amide bonds. The lowest BCUT2D eigenvalue weighted by Gasteiger charge is -2.09. The van der Waals surface area contributed by atoms with Crippen molar-refractivity contribution in [1.29, 1.82) is 0 Å². The smallest absolute Gasteiger partial charge is 0.322 e. The second kappa shape index (κ2) is 7.92. The number of carbonyl (C=O) groups excluding carboxylic acids is 1. The number of carboxylic acids is 1. The predicted molar refractivity (Wildman–Crippen MR) is 101 cm³/mol. The molecular weight excluding hydrogens is 352 g/mol. The van der Waals surface area contributed by atoms with Crippen molar-refractivity contribution < 1.29 is 14.7 Å². The standard InChI is InChI=1S/C18H18N4O3S/c1-11-15(12-5-3-2-4-6-12)16-17(21-10-22-18(16)26-11)19-8-7-13(23)20-9-14(24)25/h2-6,10H,7-9H2,1H3,(H,20,23)(H,24,25)(H,19,21,22). The molecule has 0 radical (unpaired) electrons. The van der Waals surface area contributed by atoms with Crippen LogP contribution in [0, 0.1) is 6.92 Å². The van der Waals surface area contributed by atoms with Crippen LogP contribution in [-0.4, -0.2) is 40.0 Å². The van der Waals surface area contributed by atoms with E-state index in [1.165, 1.54) is 6.33 Å². The molecular formula is C18H18N4O3S. The number of carbonyl (C=O) groups is 2. The van der Waals surface area contributed by atoms with Crippen LogP contribution in [0.25, 0.3) is 21.3 Å². The molecule has 3 rings (SSSR count). The number of carboxylic acid groups (broad SMARTS) is 1. The maximum Gasteiger partial charge on any atom is 0.322 e. The Morgan fingerprint density at radius 1 is 1.19 bits per heavy atom. The zero-order valence-electron chi connectivity index (χ0n) is 14.2. The number of rotatable bonds is 7. The summed E-state index contributed by atoms with van der Waals surface area (Å²) in [5.41, 5.74) is 2.18. The summed E-state index contributed by atoms with van der Waals surface area (Å²) >= 11 is 1.60. The third-order valence-electron chi connectivity index (χ3n) is 3.81. The highest BCUT2D eigenvalue weighted by molar-refractivity contribution is 7.19. The van der Waals surface area contributed by atoms with Crippen molar-refractivity contribution in [3.8, 4) is 11.1 Å². The number of aromatic nitrogens is 2. The first-order valence-corrected chi connectivity index (χ1v) is 8.90. The van der Waals surface area contributed by atoms with Gasteiger partial charge in [0.25, 0.3) is 0 Å². The Morgan fingerprint density at radius 2 is 1.96 bits per heavy atom. The highest BCUT2D eigenvalue weighted by Crippen LogP contribution is 2.40. The van der Waals surface area contributed by atoms with Gasteiger partial charge in [0, 0.05) is 23.4 Å². The van der Waals surface area contributed by atoms with E-state index in [2.05, 4.69) is 27.5 Å². The Bertz CT molecular complexity index is 940.